The highest BCUT2D eigenvalue weighted by Gasteiger charge is 2.30. The summed E-state index contributed by atoms with van der Waals surface area (Å²) in [6, 6.07) is 5.62. The number of hydrogen-bond donors (Lipinski definition) is 0. The standard InChI is InChI=1S/C11H8ClNOS/c12-11-13-8-4-3-7(5-9(8)15-11)10(14)6-1-2-6/h3-6H,1-2H2. The monoisotopic (exact) mass is 237 g/mol. The molecule has 1 fully saturated rings. The second-order valence-electron chi connectivity index (χ2n) is 3.79. The number of nitrogens with zero attached hydrogens (tertiary/aromatic N) is 1. The summed E-state index contributed by atoms with van der Waals surface area (Å²) in [5.74, 6) is 0.535. The van der Waals surface area contributed by atoms with Gasteiger partial charge in [0.2, 0.25) is 0 Å². The van der Waals surface area contributed by atoms with Gasteiger partial charge in [0.25, 0.3) is 0 Å². The average Bonchev–Trinajstić information content (AvgIpc) is 2.98. The highest BCUT2D eigenvalue weighted by atomic mass is 35.5. The van der Waals surface area contributed by atoms with Gasteiger partial charge in [-0.1, -0.05) is 11.6 Å². The first-order chi connectivity index (χ1) is 7.24. The molecule has 1 aromatic heterocycles. The molecule has 0 unspecified atom stereocenters. The predicted octanol–water partition coefficient (Wildman–Crippen LogP) is 3.54. The zero-order valence-electron chi connectivity index (χ0n) is 7.87. The maximum Gasteiger partial charge on any atom is 0.184 e. The summed E-state index contributed by atoms with van der Waals surface area (Å²) in [7, 11) is 0. The molecule has 2 aromatic rings. The number of Topliss-reactive ketones (excluding diaryl/α,β-unsaturated/α-hetero) is 1. The lowest BCUT2D eigenvalue weighted by Crippen LogP contribution is -2.00. The molecule has 76 valence electrons. The van der Waals surface area contributed by atoms with Crippen LogP contribution in [0.2, 0.25) is 4.47 Å². The first-order valence-electron chi connectivity index (χ1n) is 4.84. The van der Waals surface area contributed by atoms with Crippen molar-refractivity contribution in [2.45, 2.75) is 12.8 Å². The molecule has 0 atom stereocenters. The van der Waals surface area contributed by atoms with Crippen LogP contribution in [0.5, 0.6) is 0 Å². The fraction of sp³-hybridized carbons (Fsp3) is 0.273. The highest BCUT2D eigenvalue weighted by Crippen LogP contribution is 2.34. The fourth-order valence-corrected chi connectivity index (χ4v) is 2.70. The number of ketones is 1. The Bertz CT molecular complexity index is 545. The molecule has 0 amide bonds. The van der Waals surface area contributed by atoms with Gasteiger partial charge in [0.15, 0.2) is 10.3 Å². The van der Waals surface area contributed by atoms with E-state index in [-0.39, 0.29) is 11.7 Å². The van der Waals surface area contributed by atoms with Gasteiger partial charge in [-0.3, -0.25) is 4.79 Å². The number of carbonyl (C=O) groups is 1. The van der Waals surface area contributed by atoms with E-state index in [2.05, 4.69) is 4.98 Å². The number of rotatable bonds is 2. The smallest absolute Gasteiger partial charge is 0.184 e. The first-order valence-corrected chi connectivity index (χ1v) is 6.04. The van der Waals surface area contributed by atoms with Crippen molar-refractivity contribution in [2.75, 3.05) is 0 Å². The van der Waals surface area contributed by atoms with Crippen molar-refractivity contribution in [1.82, 2.24) is 4.98 Å². The summed E-state index contributed by atoms with van der Waals surface area (Å²) in [6.45, 7) is 0. The lowest BCUT2D eigenvalue weighted by atomic mass is 10.1. The Morgan fingerprint density at radius 3 is 3.00 bits per heavy atom. The van der Waals surface area contributed by atoms with E-state index in [4.69, 9.17) is 11.6 Å². The summed E-state index contributed by atoms with van der Waals surface area (Å²) < 4.78 is 1.52. The van der Waals surface area contributed by atoms with Gasteiger partial charge in [-0.05, 0) is 31.0 Å². The summed E-state index contributed by atoms with van der Waals surface area (Å²) in [5, 5.41) is 0. The van der Waals surface area contributed by atoms with E-state index in [0.717, 1.165) is 28.6 Å². The number of thiazole rings is 1. The second-order valence-corrected chi connectivity index (χ2v) is 5.40. The number of carbonyl (C=O) groups excluding carboxylic acids is 1. The quantitative estimate of drug-likeness (QED) is 0.748. The van der Waals surface area contributed by atoms with Gasteiger partial charge in [-0.25, -0.2) is 4.98 Å². The van der Waals surface area contributed by atoms with Crippen LogP contribution in [0.1, 0.15) is 23.2 Å². The van der Waals surface area contributed by atoms with Crippen LogP contribution in [-0.2, 0) is 0 Å². The van der Waals surface area contributed by atoms with E-state index < -0.39 is 0 Å². The molecule has 15 heavy (non-hydrogen) atoms. The number of benzene rings is 1. The molecule has 3 rings (SSSR count). The lowest BCUT2D eigenvalue weighted by Gasteiger charge is -1.97. The molecule has 1 aromatic carbocycles. The van der Waals surface area contributed by atoms with E-state index in [1.807, 2.05) is 18.2 Å². The molecule has 0 N–H and O–H groups in total. The van der Waals surface area contributed by atoms with Crippen molar-refractivity contribution in [3.63, 3.8) is 0 Å². The van der Waals surface area contributed by atoms with Crippen molar-refractivity contribution in [1.29, 1.82) is 0 Å². The Morgan fingerprint density at radius 1 is 1.47 bits per heavy atom. The van der Waals surface area contributed by atoms with Gasteiger partial charge in [0, 0.05) is 11.5 Å². The van der Waals surface area contributed by atoms with Crippen molar-refractivity contribution in [3.8, 4) is 0 Å². The van der Waals surface area contributed by atoms with Crippen molar-refractivity contribution in [2.24, 2.45) is 5.92 Å². The zero-order chi connectivity index (χ0) is 10.4. The Hall–Kier alpha value is -0.930. The Kier molecular flexibility index (Phi) is 2.04. The van der Waals surface area contributed by atoms with Gasteiger partial charge >= 0.3 is 0 Å². The van der Waals surface area contributed by atoms with Crippen LogP contribution in [0.15, 0.2) is 18.2 Å². The summed E-state index contributed by atoms with van der Waals surface area (Å²) >= 11 is 7.23. The molecule has 0 bridgehead atoms. The molecule has 0 aliphatic heterocycles. The van der Waals surface area contributed by atoms with Crippen LogP contribution in [0.3, 0.4) is 0 Å². The maximum atomic E-state index is 11.8. The zero-order valence-corrected chi connectivity index (χ0v) is 9.44. The van der Waals surface area contributed by atoms with Gasteiger partial charge in [-0.15, -0.1) is 11.3 Å². The minimum Gasteiger partial charge on any atom is -0.294 e. The molecule has 1 aliphatic carbocycles. The predicted molar refractivity (Wildman–Crippen MR) is 61.7 cm³/mol. The minimum absolute atomic E-state index is 0.265. The fourth-order valence-electron chi connectivity index (χ4n) is 1.63. The number of fused-ring (bicyclic) bond motifs is 1. The third kappa shape index (κ3) is 1.66. The van der Waals surface area contributed by atoms with Crippen LogP contribution >= 0.6 is 22.9 Å². The van der Waals surface area contributed by atoms with Crippen LogP contribution in [-0.4, -0.2) is 10.8 Å². The second kappa shape index (κ2) is 3.29. The average molecular weight is 238 g/mol. The van der Waals surface area contributed by atoms with Gasteiger partial charge < -0.3 is 0 Å². The molecular weight excluding hydrogens is 230 g/mol. The van der Waals surface area contributed by atoms with Crippen molar-refractivity contribution < 1.29 is 4.79 Å². The number of aromatic nitrogens is 1. The maximum absolute atomic E-state index is 11.8. The summed E-state index contributed by atoms with van der Waals surface area (Å²) in [5.41, 5.74) is 1.67. The Morgan fingerprint density at radius 2 is 2.27 bits per heavy atom. The van der Waals surface area contributed by atoms with Crippen LogP contribution < -0.4 is 0 Å². The third-order valence-electron chi connectivity index (χ3n) is 2.59. The molecular formula is C11H8ClNOS. The van der Waals surface area contributed by atoms with Crippen molar-refractivity contribution in [3.05, 3.63) is 28.2 Å². The first kappa shape index (κ1) is 9.31. The molecule has 1 aliphatic rings. The lowest BCUT2D eigenvalue weighted by molar-refractivity contribution is 0.0968. The minimum atomic E-state index is 0.265. The molecule has 0 saturated heterocycles. The van der Waals surface area contributed by atoms with Crippen LogP contribution in [0.4, 0.5) is 0 Å². The van der Waals surface area contributed by atoms with Crippen LogP contribution in [0, 0.1) is 5.92 Å². The SMILES string of the molecule is O=C(c1ccc2nc(Cl)sc2c1)C1CC1. The van der Waals surface area contributed by atoms with Gasteiger partial charge in [-0.2, -0.15) is 0 Å². The van der Waals surface area contributed by atoms with Crippen LogP contribution in [0.25, 0.3) is 10.2 Å². The molecule has 1 heterocycles. The van der Waals surface area contributed by atoms with E-state index in [1.54, 1.807) is 0 Å². The third-order valence-corrected chi connectivity index (χ3v) is 3.72. The van der Waals surface area contributed by atoms with E-state index >= 15 is 0 Å². The molecule has 0 radical (unpaired) electrons. The molecule has 4 heteroatoms. The summed E-state index contributed by atoms with van der Waals surface area (Å²) in [4.78, 5) is 16.0. The number of hydrogen-bond acceptors (Lipinski definition) is 3. The Balaban J connectivity index is 2.08. The van der Waals surface area contributed by atoms with Gasteiger partial charge in [0.1, 0.15) is 0 Å². The van der Waals surface area contributed by atoms with E-state index in [9.17, 15) is 4.79 Å². The van der Waals surface area contributed by atoms with E-state index in [0.29, 0.717) is 4.47 Å². The largest absolute Gasteiger partial charge is 0.294 e. The number of halogens is 1. The van der Waals surface area contributed by atoms with Crippen molar-refractivity contribution >= 4 is 38.9 Å². The van der Waals surface area contributed by atoms with E-state index in [1.165, 1.54) is 11.3 Å². The summed E-state index contributed by atoms with van der Waals surface area (Å²) in [6.07, 6.45) is 2.08. The molecule has 0 spiro atoms. The van der Waals surface area contributed by atoms with Gasteiger partial charge in [0.05, 0.1) is 10.2 Å². The topological polar surface area (TPSA) is 30.0 Å². The molecule has 2 nitrogen and oxygen atoms in total. The normalized spacial score (nSPS) is 15.8. The Labute approximate surface area is 95.9 Å². The molecule has 1 saturated carbocycles. The highest BCUT2D eigenvalue weighted by molar-refractivity contribution is 7.22.